The van der Waals surface area contributed by atoms with E-state index in [1.165, 1.54) is 32.6 Å². The van der Waals surface area contributed by atoms with E-state index >= 15 is 0 Å². The second-order valence-corrected chi connectivity index (χ2v) is 12.1. The van der Waals surface area contributed by atoms with Gasteiger partial charge >= 0.3 is 11.9 Å². The van der Waals surface area contributed by atoms with Gasteiger partial charge in [-0.1, -0.05) is 13.8 Å². The number of rotatable bonds is 3. The van der Waals surface area contributed by atoms with Crippen molar-refractivity contribution in [3.63, 3.8) is 0 Å². The molecule has 0 aromatic carbocycles. The van der Waals surface area contributed by atoms with E-state index in [-0.39, 0.29) is 40.6 Å². The average molecular weight is 433 g/mol. The zero-order valence-corrected chi connectivity index (χ0v) is 19.9. The number of esters is 2. The summed E-state index contributed by atoms with van der Waals surface area (Å²) in [6, 6.07) is 0. The number of carbonyl (C=O) groups excluding carboxylic acids is 2. The van der Waals surface area contributed by atoms with Crippen molar-refractivity contribution in [3.8, 4) is 0 Å². The molecule has 0 radical (unpaired) electrons. The number of hydrogen-bond donors (Lipinski definition) is 0. The first-order valence-electron chi connectivity index (χ1n) is 12.6. The van der Waals surface area contributed by atoms with Gasteiger partial charge in [-0.05, 0) is 93.3 Å². The maximum absolute atomic E-state index is 12.2. The van der Waals surface area contributed by atoms with Crippen molar-refractivity contribution in [1.29, 1.82) is 0 Å². The van der Waals surface area contributed by atoms with Crippen molar-refractivity contribution < 1.29 is 23.8 Å². The van der Waals surface area contributed by atoms with Gasteiger partial charge < -0.3 is 14.2 Å². The van der Waals surface area contributed by atoms with Crippen LogP contribution in [0.2, 0.25) is 0 Å². The topological polar surface area (TPSA) is 65.1 Å². The third-order valence-electron chi connectivity index (χ3n) is 10.7. The van der Waals surface area contributed by atoms with Gasteiger partial charge in [0.1, 0.15) is 12.2 Å². The van der Waals surface area contributed by atoms with E-state index in [4.69, 9.17) is 14.2 Å². The number of fused-ring (bicyclic) bond motifs is 5. The molecule has 1 saturated heterocycles. The summed E-state index contributed by atoms with van der Waals surface area (Å²) in [6.07, 6.45) is 9.02. The van der Waals surface area contributed by atoms with E-state index in [0.717, 1.165) is 32.3 Å². The van der Waals surface area contributed by atoms with Crippen LogP contribution < -0.4 is 0 Å². The summed E-state index contributed by atoms with van der Waals surface area (Å²) < 4.78 is 17.7. The number of carbonyl (C=O) groups is 2. The lowest BCUT2D eigenvalue weighted by Crippen LogP contribution is -2.60. The minimum absolute atomic E-state index is 0.0101. The monoisotopic (exact) mass is 432 g/mol. The van der Waals surface area contributed by atoms with Gasteiger partial charge in [0.2, 0.25) is 0 Å². The Balaban J connectivity index is 1.44. The smallest absolute Gasteiger partial charge is 0.302 e. The van der Waals surface area contributed by atoms with Crippen LogP contribution in [0.3, 0.4) is 0 Å². The molecule has 1 aliphatic heterocycles. The summed E-state index contributed by atoms with van der Waals surface area (Å²) in [5.41, 5.74) is 0.228. The molecule has 1 unspecified atom stereocenters. The minimum Gasteiger partial charge on any atom is -0.463 e. The zero-order chi connectivity index (χ0) is 22.2. The molecule has 0 amide bonds. The molecule has 0 aromatic rings. The van der Waals surface area contributed by atoms with Gasteiger partial charge in [-0.3, -0.25) is 9.59 Å². The molecule has 5 aliphatic rings. The third kappa shape index (κ3) is 3.28. The second-order valence-electron chi connectivity index (χ2n) is 12.1. The van der Waals surface area contributed by atoms with Gasteiger partial charge in [0.15, 0.2) is 0 Å². The molecular weight excluding hydrogens is 392 g/mol. The molecule has 0 bridgehead atoms. The first-order chi connectivity index (χ1) is 14.6. The van der Waals surface area contributed by atoms with Crippen molar-refractivity contribution in [1.82, 2.24) is 0 Å². The van der Waals surface area contributed by atoms with Gasteiger partial charge in [0, 0.05) is 19.3 Å². The molecule has 0 aromatic heterocycles. The standard InChI is InChI=1S/C26H40O5/c1-15(27)30-18-10-11-24(3)17(12-18)6-7-19-20-8-9-22(25(4)14-29-25)26(20,5)23(13-21(19)24)31-16(2)28/h17-23H,6-14H2,1-5H3/t17-,18+,19+,20+,21+,22-,23+,24+,25?,26+/m1/s1. The number of hydrogen-bond acceptors (Lipinski definition) is 5. The molecule has 5 nitrogen and oxygen atoms in total. The van der Waals surface area contributed by atoms with Gasteiger partial charge in [0.25, 0.3) is 0 Å². The molecule has 0 spiro atoms. The molecule has 31 heavy (non-hydrogen) atoms. The van der Waals surface area contributed by atoms with E-state index in [0.29, 0.717) is 29.6 Å². The molecule has 174 valence electrons. The normalized spacial score (nSPS) is 53.0. The Hall–Kier alpha value is -1.10. The van der Waals surface area contributed by atoms with Crippen LogP contribution in [0.1, 0.15) is 86.0 Å². The SMILES string of the molecule is CC(=O)O[C@H]1CC[C@@]2(C)[C@H](CC[C@@H]3[C@@H]2C[C@H](OC(C)=O)[C@]2(C)[C@@H](C4(C)CO4)CC[C@@H]32)C1. The first-order valence-corrected chi connectivity index (χ1v) is 12.6. The lowest BCUT2D eigenvalue weighted by atomic mass is 9.43. The Bertz CT molecular complexity index is 759. The molecule has 10 atom stereocenters. The highest BCUT2D eigenvalue weighted by Crippen LogP contribution is 2.70. The number of ether oxygens (including phenoxy) is 3. The van der Waals surface area contributed by atoms with Crippen molar-refractivity contribution in [2.24, 2.45) is 40.4 Å². The largest absolute Gasteiger partial charge is 0.463 e. The van der Waals surface area contributed by atoms with Gasteiger partial charge in [0.05, 0.1) is 12.2 Å². The highest BCUT2D eigenvalue weighted by atomic mass is 16.6. The predicted octanol–water partition coefficient (Wildman–Crippen LogP) is 4.91. The van der Waals surface area contributed by atoms with Crippen LogP contribution in [-0.4, -0.2) is 36.4 Å². The average Bonchev–Trinajstić information content (AvgIpc) is 3.31. The summed E-state index contributed by atoms with van der Waals surface area (Å²) in [4.78, 5) is 23.7. The van der Waals surface area contributed by atoms with Crippen molar-refractivity contribution in [2.75, 3.05) is 6.61 Å². The summed E-state index contributed by atoms with van der Waals surface area (Å²) in [6.45, 7) is 11.1. The molecule has 5 fully saturated rings. The van der Waals surface area contributed by atoms with Crippen LogP contribution in [0.5, 0.6) is 0 Å². The fourth-order valence-corrected chi connectivity index (χ4v) is 9.17. The number of epoxide rings is 1. The van der Waals surface area contributed by atoms with Crippen LogP contribution in [0.15, 0.2) is 0 Å². The fourth-order valence-electron chi connectivity index (χ4n) is 9.17. The van der Waals surface area contributed by atoms with Gasteiger partial charge in [-0.25, -0.2) is 0 Å². The zero-order valence-electron chi connectivity index (χ0n) is 19.9. The third-order valence-corrected chi connectivity index (χ3v) is 10.7. The Morgan fingerprint density at radius 1 is 0.871 bits per heavy atom. The lowest BCUT2D eigenvalue weighted by molar-refractivity contribution is -0.198. The Kier molecular flexibility index (Phi) is 5.05. The van der Waals surface area contributed by atoms with E-state index in [2.05, 4.69) is 20.8 Å². The maximum atomic E-state index is 12.2. The van der Waals surface area contributed by atoms with Crippen molar-refractivity contribution in [2.45, 2.75) is 104 Å². The highest BCUT2D eigenvalue weighted by Gasteiger charge is 2.69. The highest BCUT2D eigenvalue weighted by molar-refractivity contribution is 5.66. The maximum Gasteiger partial charge on any atom is 0.302 e. The van der Waals surface area contributed by atoms with Crippen LogP contribution in [0.4, 0.5) is 0 Å². The summed E-state index contributed by atoms with van der Waals surface area (Å²) in [5.74, 6) is 2.65. The Morgan fingerprint density at radius 2 is 1.58 bits per heavy atom. The summed E-state index contributed by atoms with van der Waals surface area (Å²) >= 11 is 0. The molecule has 5 heteroatoms. The summed E-state index contributed by atoms with van der Waals surface area (Å²) in [5, 5.41) is 0. The lowest BCUT2D eigenvalue weighted by Gasteiger charge is -2.62. The van der Waals surface area contributed by atoms with Crippen LogP contribution in [0, 0.1) is 40.4 Å². The Morgan fingerprint density at radius 3 is 2.23 bits per heavy atom. The van der Waals surface area contributed by atoms with Crippen LogP contribution in [0.25, 0.3) is 0 Å². The van der Waals surface area contributed by atoms with E-state index in [1.807, 2.05) is 0 Å². The van der Waals surface area contributed by atoms with Crippen molar-refractivity contribution in [3.05, 3.63) is 0 Å². The van der Waals surface area contributed by atoms with Gasteiger partial charge in [-0.2, -0.15) is 0 Å². The second kappa shape index (κ2) is 7.20. The predicted molar refractivity (Wildman–Crippen MR) is 116 cm³/mol. The Labute approximate surface area is 186 Å². The van der Waals surface area contributed by atoms with Crippen LogP contribution >= 0.6 is 0 Å². The molecule has 4 aliphatic carbocycles. The quantitative estimate of drug-likeness (QED) is 0.468. The van der Waals surface area contributed by atoms with Gasteiger partial charge in [-0.15, -0.1) is 0 Å². The van der Waals surface area contributed by atoms with Crippen LogP contribution in [-0.2, 0) is 23.8 Å². The fraction of sp³-hybridized carbons (Fsp3) is 0.923. The summed E-state index contributed by atoms with van der Waals surface area (Å²) in [7, 11) is 0. The van der Waals surface area contributed by atoms with E-state index in [1.54, 1.807) is 6.92 Å². The molecule has 5 rings (SSSR count). The van der Waals surface area contributed by atoms with E-state index < -0.39 is 0 Å². The van der Waals surface area contributed by atoms with E-state index in [9.17, 15) is 9.59 Å². The molecular formula is C26H40O5. The first kappa shape index (κ1) is 21.7. The minimum atomic E-state index is -0.154. The molecule has 4 saturated carbocycles. The molecule has 1 heterocycles. The van der Waals surface area contributed by atoms with Crippen molar-refractivity contribution >= 4 is 11.9 Å². The molecule has 0 N–H and O–H groups in total.